The largest absolute Gasteiger partial charge is 0.489 e. The summed E-state index contributed by atoms with van der Waals surface area (Å²) in [5, 5.41) is 11.8. The number of Topliss-reactive ketones (excluding diaryl/α,β-unsaturated/α-hetero) is 1. The van der Waals surface area contributed by atoms with Crippen molar-refractivity contribution in [2.45, 2.75) is 25.4 Å². The van der Waals surface area contributed by atoms with E-state index in [1.54, 1.807) is 77.7 Å². The first-order valence-corrected chi connectivity index (χ1v) is 12.1. The zero-order valence-corrected chi connectivity index (χ0v) is 20.3. The minimum Gasteiger partial charge on any atom is -0.489 e. The Kier molecular flexibility index (Phi) is 8.30. The standard InChI is InChI=1S/C29H28N2O6/c32-25(20-8-2-1-3-9-20)19-30-28(35)24-12-6-7-13-26(24)37-22-14-16-31(17-15-22)29(36)23-11-5-4-10-21(23)18-27(33)34/h1-13,22H,14-19H2,(H,30,35)(H,33,34). The lowest BCUT2D eigenvalue weighted by Crippen LogP contribution is -2.42. The number of nitrogens with one attached hydrogen (secondary N) is 1. The van der Waals surface area contributed by atoms with Crippen LogP contribution in [0.4, 0.5) is 0 Å². The number of benzene rings is 3. The van der Waals surface area contributed by atoms with Crippen LogP contribution in [0.5, 0.6) is 5.75 Å². The molecule has 1 aliphatic rings. The Bertz CT molecular complexity index is 1280. The lowest BCUT2D eigenvalue weighted by atomic mass is 10.0. The van der Waals surface area contributed by atoms with E-state index in [2.05, 4.69) is 5.32 Å². The van der Waals surface area contributed by atoms with Gasteiger partial charge in [0, 0.05) is 37.1 Å². The molecule has 0 unspecified atom stereocenters. The van der Waals surface area contributed by atoms with Crippen molar-refractivity contribution in [3.05, 3.63) is 101 Å². The minimum atomic E-state index is -0.987. The van der Waals surface area contributed by atoms with Gasteiger partial charge in [-0.1, -0.05) is 60.7 Å². The fraction of sp³-hybridized carbons (Fsp3) is 0.241. The van der Waals surface area contributed by atoms with Gasteiger partial charge < -0.3 is 20.1 Å². The van der Waals surface area contributed by atoms with E-state index < -0.39 is 11.9 Å². The van der Waals surface area contributed by atoms with Gasteiger partial charge in [0.1, 0.15) is 11.9 Å². The van der Waals surface area contributed by atoms with Crippen LogP contribution in [0.2, 0.25) is 0 Å². The summed E-state index contributed by atoms with van der Waals surface area (Å²) in [5.41, 5.74) is 1.75. The molecule has 8 nitrogen and oxygen atoms in total. The molecule has 0 aromatic heterocycles. The summed E-state index contributed by atoms with van der Waals surface area (Å²) in [4.78, 5) is 51.1. The zero-order valence-electron chi connectivity index (χ0n) is 20.3. The predicted octanol–water partition coefficient (Wildman–Crippen LogP) is 3.61. The number of para-hydroxylation sites is 1. The Morgan fingerprint density at radius 2 is 1.46 bits per heavy atom. The highest BCUT2D eigenvalue weighted by atomic mass is 16.5. The van der Waals surface area contributed by atoms with Crippen molar-refractivity contribution < 1.29 is 29.0 Å². The van der Waals surface area contributed by atoms with Crippen molar-refractivity contribution in [1.29, 1.82) is 0 Å². The van der Waals surface area contributed by atoms with E-state index in [1.807, 2.05) is 6.07 Å². The third-order valence-corrected chi connectivity index (χ3v) is 6.25. The van der Waals surface area contributed by atoms with E-state index in [0.29, 0.717) is 53.9 Å². The van der Waals surface area contributed by atoms with Crippen LogP contribution in [0.1, 0.15) is 49.5 Å². The number of carbonyl (C=O) groups excluding carboxylic acids is 3. The summed E-state index contributed by atoms with van der Waals surface area (Å²) in [6.07, 6.45) is 0.722. The Hall–Kier alpha value is -4.46. The number of piperidine rings is 1. The van der Waals surface area contributed by atoms with E-state index >= 15 is 0 Å². The van der Waals surface area contributed by atoms with Gasteiger partial charge in [-0.15, -0.1) is 0 Å². The first-order valence-electron chi connectivity index (χ1n) is 12.1. The van der Waals surface area contributed by atoms with Crippen LogP contribution in [0.25, 0.3) is 0 Å². The smallest absolute Gasteiger partial charge is 0.307 e. The fourth-order valence-corrected chi connectivity index (χ4v) is 4.31. The highest BCUT2D eigenvalue weighted by molar-refractivity contribution is 6.03. The maximum absolute atomic E-state index is 13.1. The first-order chi connectivity index (χ1) is 17.9. The second-order valence-corrected chi connectivity index (χ2v) is 8.81. The van der Waals surface area contributed by atoms with Gasteiger partial charge in [0.05, 0.1) is 18.5 Å². The lowest BCUT2D eigenvalue weighted by Gasteiger charge is -2.33. The van der Waals surface area contributed by atoms with Crippen molar-refractivity contribution in [3.63, 3.8) is 0 Å². The van der Waals surface area contributed by atoms with E-state index in [4.69, 9.17) is 9.84 Å². The van der Waals surface area contributed by atoms with E-state index in [-0.39, 0.29) is 30.8 Å². The number of ketones is 1. The van der Waals surface area contributed by atoms with Crippen LogP contribution < -0.4 is 10.1 Å². The van der Waals surface area contributed by atoms with Gasteiger partial charge in [-0.3, -0.25) is 19.2 Å². The molecule has 0 spiro atoms. The topological polar surface area (TPSA) is 113 Å². The van der Waals surface area contributed by atoms with Crippen LogP contribution in [0.15, 0.2) is 78.9 Å². The fourth-order valence-electron chi connectivity index (χ4n) is 4.31. The second-order valence-electron chi connectivity index (χ2n) is 8.81. The van der Waals surface area contributed by atoms with E-state index in [9.17, 15) is 19.2 Å². The van der Waals surface area contributed by atoms with E-state index in [1.165, 1.54) is 0 Å². The number of aliphatic carboxylic acids is 1. The number of likely N-dealkylation sites (tertiary alicyclic amines) is 1. The number of ether oxygens (including phenoxy) is 1. The lowest BCUT2D eigenvalue weighted by molar-refractivity contribution is -0.136. The number of carbonyl (C=O) groups is 4. The third-order valence-electron chi connectivity index (χ3n) is 6.25. The Balaban J connectivity index is 1.34. The number of hydrogen-bond donors (Lipinski definition) is 2. The summed E-state index contributed by atoms with van der Waals surface area (Å²) in [6, 6.07) is 22.4. The van der Waals surface area contributed by atoms with Gasteiger partial charge in [-0.2, -0.15) is 0 Å². The van der Waals surface area contributed by atoms with Gasteiger partial charge >= 0.3 is 5.97 Å². The molecule has 190 valence electrons. The quantitative estimate of drug-likeness (QED) is 0.434. The van der Waals surface area contributed by atoms with Crippen LogP contribution in [-0.4, -0.2) is 59.3 Å². The van der Waals surface area contributed by atoms with Crippen molar-refractivity contribution >= 4 is 23.6 Å². The van der Waals surface area contributed by atoms with Crippen molar-refractivity contribution in [2.75, 3.05) is 19.6 Å². The number of carboxylic acid groups (broad SMARTS) is 1. The molecule has 1 fully saturated rings. The highest BCUT2D eigenvalue weighted by Crippen LogP contribution is 2.24. The highest BCUT2D eigenvalue weighted by Gasteiger charge is 2.27. The molecule has 0 saturated carbocycles. The molecule has 8 heteroatoms. The van der Waals surface area contributed by atoms with Crippen molar-refractivity contribution in [2.24, 2.45) is 0 Å². The van der Waals surface area contributed by atoms with Gasteiger partial charge in [-0.25, -0.2) is 0 Å². The normalized spacial score (nSPS) is 13.6. The molecular weight excluding hydrogens is 472 g/mol. The second kappa shape index (κ2) is 12.0. The molecule has 0 radical (unpaired) electrons. The molecule has 0 bridgehead atoms. The molecule has 1 aliphatic heterocycles. The van der Waals surface area contributed by atoms with Crippen LogP contribution in [-0.2, 0) is 11.2 Å². The molecule has 3 aromatic carbocycles. The number of hydrogen-bond acceptors (Lipinski definition) is 5. The van der Waals surface area contributed by atoms with Gasteiger partial charge in [0.25, 0.3) is 11.8 Å². The monoisotopic (exact) mass is 500 g/mol. The average molecular weight is 501 g/mol. The molecule has 1 saturated heterocycles. The first kappa shape index (κ1) is 25.6. The number of nitrogens with zero attached hydrogens (tertiary/aromatic N) is 1. The Morgan fingerprint density at radius 3 is 2.16 bits per heavy atom. The summed E-state index contributed by atoms with van der Waals surface area (Å²) in [7, 11) is 0. The molecular formula is C29H28N2O6. The molecule has 0 aliphatic carbocycles. The summed E-state index contributed by atoms with van der Waals surface area (Å²) >= 11 is 0. The van der Waals surface area contributed by atoms with Crippen LogP contribution in [0.3, 0.4) is 0 Å². The summed E-state index contributed by atoms with van der Waals surface area (Å²) < 4.78 is 6.15. The number of rotatable bonds is 9. The summed E-state index contributed by atoms with van der Waals surface area (Å²) in [6.45, 7) is 0.775. The average Bonchev–Trinajstić information content (AvgIpc) is 2.92. The maximum Gasteiger partial charge on any atom is 0.307 e. The van der Waals surface area contributed by atoms with Crippen LogP contribution in [0, 0.1) is 0 Å². The number of carboxylic acids is 1. The van der Waals surface area contributed by atoms with Gasteiger partial charge in [0.2, 0.25) is 0 Å². The molecule has 2 N–H and O–H groups in total. The Labute approximate surface area is 214 Å². The van der Waals surface area contributed by atoms with Crippen molar-refractivity contribution in [1.82, 2.24) is 10.2 Å². The molecule has 4 rings (SSSR count). The molecule has 3 aromatic rings. The van der Waals surface area contributed by atoms with Crippen LogP contribution >= 0.6 is 0 Å². The molecule has 0 atom stereocenters. The zero-order chi connectivity index (χ0) is 26.2. The molecule has 2 amide bonds. The maximum atomic E-state index is 13.1. The predicted molar refractivity (Wildman–Crippen MR) is 137 cm³/mol. The molecule has 1 heterocycles. The SMILES string of the molecule is O=C(O)Cc1ccccc1C(=O)N1CCC(Oc2ccccc2C(=O)NCC(=O)c2ccccc2)CC1. The minimum absolute atomic E-state index is 0.124. The summed E-state index contributed by atoms with van der Waals surface area (Å²) in [5.74, 6) is -1.35. The Morgan fingerprint density at radius 1 is 0.838 bits per heavy atom. The number of amides is 2. The van der Waals surface area contributed by atoms with Gasteiger partial charge in [0.15, 0.2) is 5.78 Å². The van der Waals surface area contributed by atoms with Crippen molar-refractivity contribution in [3.8, 4) is 5.75 Å². The van der Waals surface area contributed by atoms with Gasteiger partial charge in [-0.05, 0) is 23.8 Å². The third kappa shape index (κ3) is 6.61. The van der Waals surface area contributed by atoms with E-state index in [0.717, 1.165) is 0 Å². The molecule has 37 heavy (non-hydrogen) atoms.